The molecule has 0 fully saturated rings. The first-order valence-electron chi connectivity index (χ1n) is 7.00. The maximum Gasteiger partial charge on any atom is 0.247 e. The Labute approximate surface area is 132 Å². The molecule has 7 nitrogen and oxygen atoms in total. The number of hydrogen-bond donors (Lipinski definition) is 0. The number of aryl methyl sites for hydroxylation is 2. The van der Waals surface area contributed by atoms with E-state index in [4.69, 9.17) is 4.42 Å². The molecule has 1 aromatic carbocycles. The Morgan fingerprint density at radius 1 is 1.18 bits per heavy atom. The molecule has 3 aromatic rings. The summed E-state index contributed by atoms with van der Waals surface area (Å²) in [7, 11) is 0. The highest BCUT2D eigenvalue weighted by molar-refractivity contribution is 7.99. The summed E-state index contributed by atoms with van der Waals surface area (Å²) in [5, 5.41) is 20.6. The fourth-order valence-corrected chi connectivity index (χ4v) is 2.78. The number of aromatic nitrogens is 6. The van der Waals surface area contributed by atoms with Crippen LogP contribution >= 0.6 is 11.8 Å². The van der Waals surface area contributed by atoms with Crippen molar-refractivity contribution in [3.8, 4) is 11.5 Å². The fourth-order valence-electron chi connectivity index (χ4n) is 1.90. The van der Waals surface area contributed by atoms with Crippen molar-refractivity contribution in [2.75, 3.05) is 0 Å². The van der Waals surface area contributed by atoms with E-state index in [2.05, 4.69) is 25.7 Å². The predicted octanol–water partition coefficient (Wildman–Crippen LogP) is 2.90. The largest absolute Gasteiger partial charge is 0.419 e. The van der Waals surface area contributed by atoms with Crippen molar-refractivity contribution < 1.29 is 4.42 Å². The highest BCUT2D eigenvalue weighted by Gasteiger charge is 2.19. The Kier molecular flexibility index (Phi) is 4.19. The van der Waals surface area contributed by atoms with Crippen molar-refractivity contribution in [2.45, 2.75) is 37.7 Å². The summed E-state index contributed by atoms with van der Waals surface area (Å²) in [5.41, 5.74) is 2.11. The number of thioether (sulfide) groups is 1. The summed E-state index contributed by atoms with van der Waals surface area (Å²) in [6.45, 7) is 6.75. The molecule has 0 saturated heterocycles. The Hall–Kier alpha value is -2.22. The zero-order valence-electron chi connectivity index (χ0n) is 12.6. The van der Waals surface area contributed by atoms with Gasteiger partial charge in [0.15, 0.2) is 0 Å². The molecule has 0 saturated carbocycles. The molecule has 114 valence electrons. The zero-order chi connectivity index (χ0) is 15.5. The van der Waals surface area contributed by atoms with Gasteiger partial charge in [0.05, 0.1) is 5.25 Å². The quantitative estimate of drug-likeness (QED) is 0.669. The fraction of sp³-hybridized carbons (Fsp3) is 0.357. The second kappa shape index (κ2) is 6.27. The van der Waals surface area contributed by atoms with Crippen LogP contribution in [-0.2, 0) is 6.54 Å². The van der Waals surface area contributed by atoms with E-state index in [1.807, 2.05) is 45.0 Å². The van der Waals surface area contributed by atoms with Gasteiger partial charge in [-0.2, -0.15) is 0 Å². The van der Waals surface area contributed by atoms with Gasteiger partial charge in [-0.25, -0.2) is 4.68 Å². The van der Waals surface area contributed by atoms with Crippen molar-refractivity contribution in [1.82, 2.24) is 30.4 Å². The Balaban J connectivity index is 1.77. The van der Waals surface area contributed by atoms with Crippen molar-refractivity contribution in [1.29, 1.82) is 0 Å². The first-order valence-corrected chi connectivity index (χ1v) is 7.88. The van der Waals surface area contributed by atoms with E-state index in [0.717, 1.165) is 17.3 Å². The van der Waals surface area contributed by atoms with Gasteiger partial charge in [-0.05, 0) is 43.3 Å². The van der Waals surface area contributed by atoms with Crippen LogP contribution < -0.4 is 0 Å². The average molecular weight is 316 g/mol. The van der Waals surface area contributed by atoms with Crippen LogP contribution in [0.4, 0.5) is 0 Å². The van der Waals surface area contributed by atoms with Crippen LogP contribution in [0.25, 0.3) is 11.5 Å². The van der Waals surface area contributed by atoms with Crippen LogP contribution in [0.15, 0.2) is 33.8 Å². The van der Waals surface area contributed by atoms with E-state index < -0.39 is 0 Å². The third kappa shape index (κ3) is 3.01. The number of benzene rings is 1. The lowest BCUT2D eigenvalue weighted by atomic mass is 10.1. The molecule has 2 aromatic heterocycles. The van der Waals surface area contributed by atoms with E-state index in [-0.39, 0.29) is 5.25 Å². The maximum absolute atomic E-state index is 5.77. The molecule has 1 unspecified atom stereocenters. The second-order valence-corrected chi connectivity index (χ2v) is 6.16. The molecule has 0 bridgehead atoms. The summed E-state index contributed by atoms with van der Waals surface area (Å²) in [6.07, 6.45) is 0. The van der Waals surface area contributed by atoms with Crippen molar-refractivity contribution in [3.63, 3.8) is 0 Å². The predicted molar refractivity (Wildman–Crippen MR) is 82.2 cm³/mol. The van der Waals surface area contributed by atoms with E-state index in [0.29, 0.717) is 11.8 Å². The lowest BCUT2D eigenvalue weighted by Gasteiger charge is -2.05. The average Bonchev–Trinajstić information content (AvgIpc) is 3.16. The van der Waals surface area contributed by atoms with Crippen molar-refractivity contribution in [2.24, 2.45) is 0 Å². The molecule has 2 heterocycles. The summed E-state index contributed by atoms with van der Waals surface area (Å²) >= 11 is 1.50. The standard InChI is InChI=1S/C14H16N6OS/c1-4-20-14(17-18-19-20)22-10(3)12-15-16-13(21-12)11-7-5-9(2)6-8-11/h5-8,10H,4H2,1-3H3. The zero-order valence-corrected chi connectivity index (χ0v) is 13.4. The minimum Gasteiger partial charge on any atom is -0.419 e. The molecule has 1 atom stereocenters. The SMILES string of the molecule is CCn1nnnc1SC(C)c1nnc(-c2ccc(C)cc2)o1. The maximum atomic E-state index is 5.77. The van der Waals surface area contributed by atoms with E-state index in [1.54, 1.807) is 4.68 Å². The molecule has 0 aliphatic heterocycles. The van der Waals surface area contributed by atoms with Crippen LogP contribution in [0.2, 0.25) is 0 Å². The van der Waals surface area contributed by atoms with Crippen LogP contribution in [0.1, 0.15) is 30.6 Å². The third-order valence-electron chi connectivity index (χ3n) is 3.17. The lowest BCUT2D eigenvalue weighted by Crippen LogP contribution is -2.00. The first kappa shape index (κ1) is 14.7. The Morgan fingerprint density at radius 2 is 1.95 bits per heavy atom. The molecule has 0 radical (unpaired) electrons. The van der Waals surface area contributed by atoms with Gasteiger partial charge in [0.1, 0.15) is 0 Å². The highest BCUT2D eigenvalue weighted by Crippen LogP contribution is 2.33. The molecule has 0 aliphatic carbocycles. The number of tetrazole rings is 1. The normalized spacial score (nSPS) is 12.5. The summed E-state index contributed by atoms with van der Waals surface area (Å²) in [4.78, 5) is 0. The second-order valence-electron chi connectivity index (χ2n) is 4.85. The highest BCUT2D eigenvalue weighted by atomic mass is 32.2. The molecule has 3 rings (SSSR count). The Morgan fingerprint density at radius 3 is 2.68 bits per heavy atom. The van der Waals surface area contributed by atoms with Gasteiger partial charge >= 0.3 is 0 Å². The van der Waals surface area contributed by atoms with E-state index in [1.165, 1.54) is 17.3 Å². The molecule has 0 spiro atoms. The van der Waals surface area contributed by atoms with Crippen molar-refractivity contribution in [3.05, 3.63) is 35.7 Å². The van der Waals surface area contributed by atoms with Gasteiger partial charge in [0.25, 0.3) is 0 Å². The third-order valence-corrected chi connectivity index (χ3v) is 4.23. The molecule has 0 amide bonds. The summed E-state index contributed by atoms with van der Waals surface area (Å²) in [5.74, 6) is 1.09. The molecule has 0 aliphatic rings. The Bertz CT molecular complexity index is 751. The topological polar surface area (TPSA) is 82.5 Å². The van der Waals surface area contributed by atoms with Gasteiger partial charge in [-0.1, -0.05) is 29.5 Å². The first-order chi connectivity index (χ1) is 10.7. The molecule has 0 N–H and O–H groups in total. The van der Waals surface area contributed by atoms with Crippen LogP contribution in [0, 0.1) is 6.92 Å². The van der Waals surface area contributed by atoms with Crippen molar-refractivity contribution >= 4 is 11.8 Å². The number of rotatable bonds is 5. The van der Waals surface area contributed by atoms with Gasteiger partial charge < -0.3 is 4.42 Å². The van der Waals surface area contributed by atoms with E-state index >= 15 is 0 Å². The van der Waals surface area contributed by atoms with Crippen LogP contribution in [0.5, 0.6) is 0 Å². The minimum absolute atomic E-state index is 0.0250. The van der Waals surface area contributed by atoms with Gasteiger partial charge in [-0.3, -0.25) is 0 Å². The van der Waals surface area contributed by atoms with Crippen LogP contribution in [0.3, 0.4) is 0 Å². The minimum atomic E-state index is -0.0250. The van der Waals surface area contributed by atoms with Gasteiger partial charge in [-0.15, -0.1) is 15.3 Å². The number of hydrogen-bond acceptors (Lipinski definition) is 7. The van der Waals surface area contributed by atoms with Gasteiger partial charge in [0.2, 0.25) is 16.9 Å². The summed E-state index contributed by atoms with van der Waals surface area (Å²) < 4.78 is 7.51. The van der Waals surface area contributed by atoms with Crippen LogP contribution in [-0.4, -0.2) is 30.4 Å². The molecule has 22 heavy (non-hydrogen) atoms. The van der Waals surface area contributed by atoms with E-state index in [9.17, 15) is 0 Å². The lowest BCUT2D eigenvalue weighted by molar-refractivity contribution is 0.508. The molecular formula is C14H16N6OS. The van der Waals surface area contributed by atoms with Gasteiger partial charge in [0, 0.05) is 12.1 Å². The number of nitrogens with zero attached hydrogens (tertiary/aromatic N) is 6. The smallest absolute Gasteiger partial charge is 0.247 e. The monoisotopic (exact) mass is 316 g/mol. The summed E-state index contributed by atoms with van der Waals surface area (Å²) in [6, 6.07) is 7.99. The molecule has 8 heteroatoms. The molecular weight excluding hydrogens is 300 g/mol.